The van der Waals surface area contributed by atoms with Crippen LogP contribution in [0.2, 0.25) is 0 Å². The zero-order chi connectivity index (χ0) is 11.4. The van der Waals surface area contributed by atoms with Crippen LogP contribution in [0.25, 0.3) is 0 Å². The van der Waals surface area contributed by atoms with Crippen molar-refractivity contribution < 1.29 is 9.90 Å². The van der Waals surface area contributed by atoms with Crippen LogP contribution in [0, 0.1) is 28.6 Å². The van der Waals surface area contributed by atoms with Crippen molar-refractivity contribution in [3.05, 3.63) is 0 Å². The highest BCUT2D eigenvalue weighted by atomic mass is 16.4. The fraction of sp³-hybridized carbons (Fsp3) is 0.923. The molecule has 0 aromatic carbocycles. The van der Waals surface area contributed by atoms with Crippen LogP contribution in [0.5, 0.6) is 0 Å². The topological polar surface area (TPSA) is 37.3 Å². The molecule has 0 aromatic rings. The van der Waals surface area contributed by atoms with Gasteiger partial charge in [-0.3, -0.25) is 4.79 Å². The maximum atomic E-state index is 11.3. The molecule has 2 aliphatic rings. The molecule has 4 unspecified atom stereocenters. The van der Waals surface area contributed by atoms with Crippen LogP contribution in [0.15, 0.2) is 0 Å². The Morgan fingerprint density at radius 1 is 1.33 bits per heavy atom. The van der Waals surface area contributed by atoms with E-state index in [0.717, 1.165) is 12.3 Å². The van der Waals surface area contributed by atoms with Gasteiger partial charge in [-0.15, -0.1) is 0 Å². The number of carboxylic acids is 1. The van der Waals surface area contributed by atoms with Crippen LogP contribution in [-0.2, 0) is 4.79 Å². The number of hydrogen-bond acceptors (Lipinski definition) is 1. The summed E-state index contributed by atoms with van der Waals surface area (Å²) < 4.78 is 0. The van der Waals surface area contributed by atoms with E-state index in [1.54, 1.807) is 0 Å². The Morgan fingerprint density at radius 3 is 2.33 bits per heavy atom. The third-order valence-electron chi connectivity index (χ3n) is 5.29. The van der Waals surface area contributed by atoms with Crippen molar-refractivity contribution in [3.63, 3.8) is 0 Å². The van der Waals surface area contributed by atoms with Gasteiger partial charge in [-0.2, -0.15) is 0 Å². The molecule has 2 fully saturated rings. The second kappa shape index (κ2) is 2.99. The molecule has 2 aliphatic carbocycles. The van der Waals surface area contributed by atoms with Crippen LogP contribution < -0.4 is 0 Å². The van der Waals surface area contributed by atoms with E-state index in [0.29, 0.717) is 5.92 Å². The smallest absolute Gasteiger partial charge is 0.307 e. The van der Waals surface area contributed by atoms with Crippen LogP contribution in [0.3, 0.4) is 0 Å². The van der Waals surface area contributed by atoms with Crippen molar-refractivity contribution in [1.82, 2.24) is 0 Å². The highest BCUT2D eigenvalue weighted by Crippen LogP contribution is 2.76. The standard InChI is InChI=1S/C13H22O2/c1-8-5-6-13(9(2)7-8)10(11(14)15)12(13,3)4/h8-10H,5-7H2,1-4H3,(H,14,15). The van der Waals surface area contributed by atoms with E-state index in [-0.39, 0.29) is 16.7 Å². The molecule has 2 saturated carbocycles. The number of carboxylic acid groups (broad SMARTS) is 1. The normalized spacial score (nSPS) is 47.9. The van der Waals surface area contributed by atoms with Gasteiger partial charge in [-0.1, -0.05) is 34.1 Å². The largest absolute Gasteiger partial charge is 0.481 e. The Labute approximate surface area is 92.1 Å². The second-order valence-electron chi connectivity index (χ2n) is 6.31. The SMILES string of the molecule is CC1CCC2(C(C)C1)C(C(=O)O)C2(C)C. The molecule has 2 heteroatoms. The molecule has 0 aromatic heterocycles. The lowest BCUT2D eigenvalue weighted by atomic mass is 9.69. The molecule has 0 amide bonds. The quantitative estimate of drug-likeness (QED) is 0.721. The Hall–Kier alpha value is -0.530. The van der Waals surface area contributed by atoms with E-state index < -0.39 is 5.97 Å². The molecule has 0 radical (unpaired) electrons. The maximum Gasteiger partial charge on any atom is 0.307 e. The Bertz CT molecular complexity index is 295. The molecule has 2 nitrogen and oxygen atoms in total. The summed E-state index contributed by atoms with van der Waals surface area (Å²) in [4.78, 5) is 11.3. The first-order chi connectivity index (χ1) is 6.84. The fourth-order valence-electron chi connectivity index (χ4n) is 4.46. The molecule has 1 spiro atoms. The van der Waals surface area contributed by atoms with Gasteiger partial charge in [0.1, 0.15) is 0 Å². The predicted octanol–water partition coefficient (Wildman–Crippen LogP) is 3.17. The average molecular weight is 210 g/mol. The maximum absolute atomic E-state index is 11.3. The van der Waals surface area contributed by atoms with E-state index >= 15 is 0 Å². The summed E-state index contributed by atoms with van der Waals surface area (Å²) >= 11 is 0. The van der Waals surface area contributed by atoms with E-state index in [2.05, 4.69) is 27.7 Å². The van der Waals surface area contributed by atoms with Gasteiger partial charge in [0.15, 0.2) is 0 Å². The molecule has 4 atom stereocenters. The van der Waals surface area contributed by atoms with Crippen molar-refractivity contribution in [3.8, 4) is 0 Å². The number of hydrogen-bond donors (Lipinski definition) is 1. The number of aliphatic carboxylic acids is 1. The van der Waals surface area contributed by atoms with Gasteiger partial charge in [0, 0.05) is 0 Å². The Balaban J connectivity index is 2.25. The lowest BCUT2D eigenvalue weighted by Crippen LogP contribution is -2.28. The van der Waals surface area contributed by atoms with Crippen LogP contribution >= 0.6 is 0 Å². The summed E-state index contributed by atoms with van der Waals surface area (Å²) in [6, 6.07) is 0. The predicted molar refractivity (Wildman–Crippen MR) is 59.5 cm³/mol. The summed E-state index contributed by atoms with van der Waals surface area (Å²) in [5, 5.41) is 9.29. The van der Waals surface area contributed by atoms with E-state index in [1.165, 1.54) is 12.8 Å². The third kappa shape index (κ3) is 1.20. The number of carbonyl (C=O) groups is 1. The van der Waals surface area contributed by atoms with Gasteiger partial charge in [0.05, 0.1) is 5.92 Å². The van der Waals surface area contributed by atoms with E-state index in [4.69, 9.17) is 0 Å². The van der Waals surface area contributed by atoms with Crippen LogP contribution in [-0.4, -0.2) is 11.1 Å². The van der Waals surface area contributed by atoms with Crippen LogP contribution in [0.4, 0.5) is 0 Å². The molecule has 86 valence electrons. The zero-order valence-corrected chi connectivity index (χ0v) is 10.2. The molecule has 0 bridgehead atoms. The van der Waals surface area contributed by atoms with E-state index in [9.17, 15) is 9.90 Å². The minimum Gasteiger partial charge on any atom is -0.481 e. The summed E-state index contributed by atoms with van der Waals surface area (Å²) in [5.41, 5.74) is 0.115. The lowest BCUT2D eigenvalue weighted by molar-refractivity contribution is -0.140. The van der Waals surface area contributed by atoms with Crippen molar-refractivity contribution in [2.45, 2.75) is 47.0 Å². The summed E-state index contributed by atoms with van der Waals surface area (Å²) in [6.45, 7) is 8.81. The summed E-state index contributed by atoms with van der Waals surface area (Å²) in [6.07, 6.45) is 3.52. The lowest BCUT2D eigenvalue weighted by Gasteiger charge is -2.35. The van der Waals surface area contributed by atoms with Crippen molar-refractivity contribution >= 4 is 5.97 Å². The van der Waals surface area contributed by atoms with Crippen LogP contribution in [0.1, 0.15) is 47.0 Å². The van der Waals surface area contributed by atoms with Crippen molar-refractivity contribution in [1.29, 1.82) is 0 Å². The first kappa shape index (κ1) is 11.0. The zero-order valence-electron chi connectivity index (χ0n) is 10.2. The Morgan fingerprint density at radius 2 is 1.93 bits per heavy atom. The molecular formula is C13H22O2. The van der Waals surface area contributed by atoms with Crippen molar-refractivity contribution in [2.75, 3.05) is 0 Å². The molecular weight excluding hydrogens is 188 g/mol. The molecule has 0 heterocycles. The molecule has 0 saturated heterocycles. The minimum atomic E-state index is -0.582. The monoisotopic (exact) mass is 210 g/mol. The highest BCUT2D eigenvalue weighted by molar-refractivity contribution is 5.77. The molecule has 1 N–H and O–H groups in total. The van der Waals surface area contributed by atoms with Gasteiger partial charge in [0.25, 0.3) is 0 Å². The Kier molecular flexibility index (Phi) is 2.19. The first-order valence-corrected chi connectivity index (χ1v) is 6.07. The first-order valence-electron chi connectivity index (χ1n) is 6.07. The minimum absolute atomic E-state index is 0.0123. The number of rotatable bonds is 1. The van der Waals surface area contributed by atoms with Gasteiger partial charge >= 0.3 is 5.97 Å². The average Bonchev–Trinajstić information content (AvgIpc) is 2.57. The highest BCUT2D eigenvalue weighted by Gasteiger charge is 2.76. The fourth-order valence-corrected chi connectivity index (χ4v) is 4.46. The summed E-state index contributed by atoms with van der Waals surface area (Å²) in [5.74, 6) is 0.655. The molecule has 0 aliphatic heterocycles. The van der Waals surface area contributed by atoms with E-state index in [1.807, 2.05) is 0 Å². The van der Waals surface area contributed by atoms with Gasteiger partial charge in [-0.05, 0) is 35.5 Å². The molecule has 2 rings (SSSR count). The van der Waals surface area contributed by atoms with Gasteiger partial charge in [0.2, 0.25) is 0 Å². The van der Waals surface area contributed by atoms with Gasteiger partial charge < -0.3 is 5.11 Å². The molecule has 15 heavy (non-hydrogen) atoms. The van der Waals surface area contributed by atoms with Gasteiger partial charge in [-0.25, -0.2) is 0 Å². The third-order valence-corrected chi connectivity index (χ3v) is 5.29. The van der Waals surface area contributed by atoms with Crippen molar-refractivity contribution in [2.24, 2.45) is 28.6 Å². The second-order valence-corrected chi connectivity index (χ2v) is 6.31. The summed E-state index contributed by atoms with van der Waals surface area (Å²) in [7, 11) is 0.